The summed E-state index contributed by atoms with van der Waals surface area (Å²) in [7, 11) is 0. The molecule has 1 saturated heterocycles. The maximum atomic E-state index is 12.2. The van der Waals surface area contributed by atoms with Gasteiger partial charge in [0.15, 0.2) is 0 Å². The van der Waals surface area contributed by atoms with Crippen LogP contribution < -0.4 is 10.6 Å². The Balaban J connectivity index is 0.00000242. The maximum absolute atomic E-state index is 12.2. The molecule has 2 aliphatic heterocycles. The first-order valence-electron chi connectivity index (χ1n) is 8.11. The molecule has 0 aromatic carbocycles. The van der Waals surface area contributed by atoms with Crippen LogP contribution in [-0.4, -0.2) is 48.9 Å². The van der Waals surface area contributed by atoms with E-state index >= 15 is 0 Å². The quantitative estimate of drug-likeness (QED) is 0.726. The monoisotopic (exact) mass is 329 g/mol. The first kappa shape index (κ1) is 19.0. The third-order valence-electron chi connectivity index (χ3n) is 4.56. The Bertz CT molecular complexity index is 422. The lowest BCUT2D eigenvalue weighted by Gasteiger charge is -2.26. The van der Waals surface area contributed by atoms with Gasteiger partial charge in [0.25, 0.3) is 0 Å². The topological polar surface area (TPSA) is 61.4 Å². The van der Waals surface area contributed by atoms with E-state index in [1.165, 1.54) is 5.57 Å². The molecule has 0 aromatic heterocycles. The fourth-order valence-corrected chi connectivity index (χ4v) is 3.16. The molecular weight excluding hydrogens is 302 g/mol. The Morgan fingerprint density at radius 2 is 2.18 bits per heavy atom. The zero-order valence-corrected chi connectivity index (χ0v) is 14.4. The lowest BCUT2D eigenvalue weighted by Crippen LogP contribution is -2.38. The zero-order valence-electron chi connectivity index (χ0n) is 13.6. The van der Waals surface area contributed by atoms with Crippen LogP contribution in [0.5, 0.6) is 0 Å². The van der Waals surface area contributed by atoms with Crippen molar-refractivity contribution in [2.75, 3.05) is 26.2 Å². The number of nitrogens with zero attached hydrogens (tertiary/aromatic N) is 1. The predicted molar refractivity (Wildman–Crippen MR) is 90.0 cm³/mol. The average Bonchev–Trinajstić information content (AvgIpc) is 2.89. The number of hydrogen-bond acceptors (Lipinski definition) is 3. The lowest BCUT2D eigenvalue weighted by atomic mass is 10.1. The molecular formula is C16H28ClN3O2. The lowest BCUT2D eigenvalue weighted by molar-refractivity contribution is -0.130. The van der Waals surface area contributed by atoms with Crippen LogP contribution in [0.4, 0.5) is 0 Å². The van der Waals surface area contributed by atoms with E-state index in [1.54, 1.807) is 0 Å². The molecule has 1 fully saturated rings. The van der Waals surface area contributed by atoms with Crippen molar-refractivity contribution in [2.24, 2.45) is 5.92 Å². The third-order valence-corrected chi connectivity index (χ3v) is 4.56. The van der Waals surface area contributed by atoms with Crippen LogP contribution in [0.1, 0.15) is 39.5 Å². The SMILES string of the molecule is CCC(CC)N1CC(C(=O)NCC2=CCNCC2)CC1=O.Cl. The first-order valence-corrected chi connectivity index (χ1v) is 8.11. The molecule has 6 heteroatoms. The molecule has 0 aliphatic carbocycles. The molecule has 0 aromatic rings. The normalized spacial score (nSPS) is 21.6. The van der Waals surface area contributed by atoms with Crippen LogP contribution in [0.15, 0.2) is 11.6 Å². The Kier molecular flexibility index (Phi) is 7.90. The Hall–Kier alpha value is -1.07. The number of halogens is 1. The van der Waals surface area contributed by atoms with Gasteiger partial charge in [0.1, 0.15) is 0 Å². The van der Waals surface area contributed by atoms with Crippen molar-refractivity contribution in [1.82, 2.24) is 15.5 Å². The highest BCUT2D eigenvalue weighted by Gasteiger charge is 2.36. The molecule has 0 bridgehead atoms. The molecule has 126 valence electrons. The number of nitrogens with one attached hydrogen (secondary N) is 2. The van der Waals surface area contributed by atoms with Gasteiger partial charge in [-0.15, -0.1) is 12.4 Å². The highest BCUT2D eigenvalue weighted by atomic mass is 35.5. The van der Waals surface area contributed by atoms with E-state index in [-0.39, 0.29) is 36.2 Å². The van der Waals surface area contributed by atoms with Crippen molar-refractivity contribution in [3.8, 4) is 0 Å². The number of rotatable bonds is 6. The fourth-order valence-electron chi connectivity index (χ4n) is 3.16. The largest absolute Gasteiger partial charge is 0.352 e. The summed E-state index contributed by atoms with van der Waals surface area (Å²) in [6, 6.07) is 0.280. The van der Waals surface area contributed by atoms with Gasteiger partial charge in [0.05, 0.1) is 5.92 Å². The van der Waals surface area contributed by atoms with Gasteiger partial charge in [-0.2, -0.15) is 0 Å². The van der Waals surface area contributed by atoms with Crippen LogP contribution in [0.2, 0.25) is 0 Å². The number of carbonyl (C=O) groups is 2. The van der Waals surface area contributed by atoms with Crippen LogP contribution >= 0.6 is 12.4 Å². The summed E-state index contributed by atoms with van der Waals surface area (Å²) >= 11 is 0. The summed E-state index contributed by atoms with van der Waals surface area (Å²) in [6.45, 7) is 7.26. The van der Waals surface area contributed by atoms with Gasteiger partial charge in [-0.05, 0) is 25.8 Å². The van der Waals surface area contributed by atoms with Gasteiger partial charge in [-0.3, -0.25) is 9.59 Å². The van der Waals surface area contributed by atoms with E-state index in [9.17, 15) is 9.59 Å². The van der Waals surface area contributed by atoms with E-state index < -0.39 is 0 Å². The molecule has 2 N–H and O–H groups in total. The third kappa shape index (κ3) is 4.71. The fraction of sp³-hybridized carbons (Fsp3) is 0.750. The van der Waals surface area contributed by atoms with Gasteiger partial charge < -0.3 is 15.5 Å². The molecule has 1 atom stereocenters. The van der Waals surface area contributed by atoms with E-state index in [4.69, 9.17) is 0 Å². The molecule has 0 spiro atoms. The smallest absolute Gasteiger partial charge is 0.225 e. The predicted octanol–water partition coefficient (Wildman–Crippen LogP) is 1.48. The van der Waals surface area contributed by atoms with Crippen molar-refractivity contribution >= 4 is 24.2 Å². The second-order valence-electron chi connectivity index (χ2n) is 5.95. The summed E-state index contributed by atoms with van der Waals surface area (Å²) in [6.07, 6.45) is 5.40. The number of amides is 2. The average molecular weight is 330 g/mol. The Morgan fingerprint density at radius 3 is 2.77 bits per heavy atom. The molecule has 2 amide bonds. The number of carbonyl (C=O) groups excluding carboxylic acids is 2. The maximum Gasteiger partial charge on any atom is 0.225 e. The molecule has 5 nitrogen and oxygen atoms in total. The van der Waals surface area contributed by atoms with E-state index in [1.807, 2.05) is 4.90 Å². The van der Waals surface area contributed by atoms with Gasteiger partial charge in [0, 0.05) is 32.1 Å². The second kappa shape index (κ2) is 9.16. The Labute approximate surface area is 139 Å². The van der Waals surface area contributed by atoms with Crippen molar-refractivity contribution in [2.45, 2.75) is 45.6 Å². The van der Waals surface area contributed by atoms with Gasteiger partial charge in [-0.1, -0.05) is 25.5 Å². The van der Waals surface area contributed by atoms with Gasteiger partial charge in [-0.25, -0.2) is 0 Å². The molecule has 2 rings (SSSR count). The van der Waals surface area contributed by atoms with Crippen molar-refractivity contribution in [1.29, 1.82) is 0 Å². The van der Waals surface area contributed by atoms with Gasteiger partial charge in [0.2, 0.25) is 11.8 Å². The minimum atomic E-state index is -0.180. The summed E-state index contributed by atoms with van der Waals surface area (Å²) in [4.78, 5) is 26.2. The summed E-state index contributed by atoms with van der Waals surface area (Å²) in [5.74, 6) is -0.0263. The van der Waals surface area contributed by atoms with Crippen molar-refractivity contribution in [3.05, 3.63) is 11.6 Å². The number of likely N-dealkylation sites (tertiary alicyclic amines) is 1. The zero-order chi connectivity index (χ0) is 15.2. The van der Waals surface area contributed by atoms with Gasteiger partial charge >= 0.3 is 0 Å². The van der Waals surface area contributed by atoms with Crippen molar-refractivity contribution in [3.63, 3.8) is 0 Å². The van der Waals surface area contributed by atoms with Crippen LogP contribution in [0, 0.1) is 5.92 Å². The number of hydrogen-bond donors (Lipinski definition) is 2. The van der Waals surface area contributed by atoms with Crippen LogP contribution in [0.25, 0.3) is 0 Å². The van der Waals surface area contributed by atoms with Crippen molar-refractivity contribution < 1.29 is 9.59 Å². The van der Waals surface area contributed by atoms with Crippen LogP contribution in [0.3, 0.4) is 0 Å². The second-order valence-corrected chi connectivity index (χ2v) is 5.95. The molecule has 0 radical (unpaired) electrons. The van der Waals surface area contributed by atoms with E-state index in [0.717, 1.165) is 32.4 Å². The molecule has 0 saturated carbocycles. The Morgan fingerprint density at radius 1 is 1.45 bits per heavy atom. The first-order chi connectivity index (χ1) is 10.2. The van der Waals surface area contributed by atoms with E-state index in [0.29, 0.717) is 19.5 Å². The summed E-state index contributed by atoms with van der Waals surface area (Å²) < 4.78 is 0. The standard InChI is InChI=1S/C16H27N3O2.ClH/c1-3-14(4-2)19-11-13(9-15(19)20)16(21)18-10-12-5-7-17-8-6-12;/h5,13-14,17H,3-4,6-11H2,1-2H3,(H,18,21);1H. The minimum Gasteiger partial charge on any atom is -0.352 e. The minimum absolute atomic E-state index is 0. The molecule has 22 heavy (non-hydrogen) atoms. The molecule has 1 unspecified atom stereocenters. The van der Waals surface area contributed by atoms with E-state index in [2.05, 4.69) is 30.6 Å². The molecule has 2 heterocycles. The highest BCUT2D eigenvalue weighted by molar-refractivity contribution is 5.89. The summed E-state index contributed by atoms with van der Waals surface area (Å²) in [5.41, 5.74) is 1.28. The van der Waals surface area contributed by atoms with Crippen LogP contribution in [-0.2, 0) is 9.59 Å². The highest BCUT2D eigenvalue weighted by Crippen LogP contribution is 2.23. The molecule has 2 aliphatic rings. The summed E-state index contributed by atoms with van der Waals surface area (Å²) in [5, 5.41) is 6.25.